The minimum atomic E-state index is 0.791. The van der Waals surface area contributed by atoms with Crippen LogP contribution in [0.2, 0.25) is 0 Å². The van der Waals surface area contributed by atoms with E-state index >= 15 is 0 Å². The summed E-state index contributed by atoms with van der Waals surface area (Å²) < 4.78 is 0. The van der Waals surface area contributed by atoms with Crippen molar-refractivity contribution in [2.45, 2.75) is 73.4 Å². The molecular weight excluding hydrogens is 170 g/mol. The van der Waals surface area contributed by atoms with Gasteiger partial charge in [-0.3, -0.25) is 0 Å². The Morgan fingerprint density at radius 2 is 1.07 bits per heavy atom. The maximum atomic E-state index is 2.49. The lowest BCUT2D eigenvalue weighted by Gasteiger charge is -2.39. The van der Waals surface area contributed by atoms with Crippen molar-refractivity contribution in [2.75, 3.05) is 7.05 Å². The molecule has 1 rings (SSSR count). The van der Waals surface area contributed by atoms with E-state index in [9.17, 15) is 0 Å². The molecule has 88 valence electrons. The van der Waals surface area contributed by atoms with E-state index < -0.39 is 0 Å². The molecule has 2 atom stereocenters. The van der Waals surface area contributed by atoms with Crippen molar-refractivity contribution >= 4 is 0 Å². The SMILES string of the molecule is CC.CC.CC1CC(C)N(C)C(C)C1. The van der Waals surface area contributed by atoms with E-state index in [1.165, 1.54) is 12.8 Å². The Morgan fingerprint density at radius 1 is 0.786 bits per heavy atom. The molecule has 1 aliphatic rings. The summed E-state index contributed by atoms with van der Waals surface area (Å²) in [5, 5.41) is 0. The number of piperidine rings is 1. The Balaban J connectivity index is 0. The van der Waals surface area contributed by atoms with Crippen LogP contribution in [0.1, 0.15) is 61.3 Å². The topological polar surface area (TPSA) is 3.24 Å². The third-order valence-corrected chi connectivity index (χ3v) is 2.88. The van der Waals surface area contributed by atoms with Crippen molar-refractivity contribution in [1.29, 1.82) is 0 Å². The van der Waals surface area contributed by atoms with Crippen LogP contribution in [0.4, 0.5) is 0 Å². The molecule has 1 heteroatoms. The second-order valence-electron chi connectivity index (χ2n) is 3.94. The number of hydrogen-bond donors (Lipinski definition) is 0. The molecule has 0 aromatic heterocycles. The van der Waals surface area contributed by atoms with E-state index in [1.807, 2.05) is 27.7 Å². The molecule has 1 fully saturated rings. The predicted molar refractivity (Wildman–Crippen MR) is 67.8 cm³/mol. The van der Waals surface area contributed by atoms with E-state index in [-0.39, 0.29) is 0 Å². The van der Waals surface area contributed by atoms with E-state index in [0.29, 0.717) is 0 Å². The highest BCUT2D eigenvalue weighted by molar-refractivity contribution is 4.79. The Bertz CT molecular complexity index is 99.8. The second-order valence-corrected chi connectivity index (χ2v) is 3.94. The average molecular weight is 201 g/mol. The van der Waals surface area contributed by atoms with Gasteiger partial charge in [-0.05, 0) is 39.7 Å². The molecule has 0 spiro atoms. The Kier molecular flexibility index (Phi) is 11.1. The van der Waals surface area contributed by atoms with Crippen molar-refractivity contribution in [3.8, 4) is 0 Å². The van der Waals surface area contributed by atoms with Gasteiger partial charge in [-0.2, -0.15) is 0 Å². The number of likely N-dealkylation sites (tertiary alicyclic amines) is 1. The number of nitrogens with zero attached hydrogens (tertiary/aromatic N) is 1. The maximum absolute atomic E-state index is 2.49. The van der Waals surface area contributed by atoms with Crippen molar-refractivity contribution in [3.05, 3.63) is 0 Å². The fourth-order valence-electron chi connectivity index (χ4n) is 2.03. The van der Waals surface area contributed by atoms with Gasteiger partial charge in [-0.15, -0.1) is 0 Å². The van der Waals surface area contributed by atoms with Gasteiger partial charge in [0.2, 0.25) is 0 Å². The van der Waals surface area contributed by atoms with Crippen LogP contribution in [0.3, 0.4) is 0 Å². The van der Waals surface area contributed by atoms with Crippen molar-refractivity contribution in [3.63, 3.8) is 0 Å². The molecule has 0 N–H and O–H groups in total. The van der Waals surface area contributed by atoms with E-state index in [1.54, 1.807) is 0 Å². The zero-order chi connectivity index (χ0) is 11.7. The standard InChI is InChI=1S/C9H19N.2C2H6/c1-7-5-8(2)10(4)9(3)6-7;2*1-2/h7-9H,5-6H2,1-4H3;2*1-2H3. The largest absolute Gasteiger partial charge is 0.301 e. The van der Waals surface area contributed by atoms with Crippen LogP contribution in [-0.2, 0) is 0 Å². The molecule has 0 aliphatic carbocycles. The molecule has 0 bridgehead atoms. The van der Waals surface area contributed by atoms with Gasteiger partial charge in [0, 0.05) is 12.1 Å². The third-order valence-electron chi connectivity index (χ3n) is 2.88. The van der Waals surface area contributed by atoms with Crippen LogP contribution in [0.25, 0.3) is 0 Å². The summed E-state index contributed by atoms with van der Waals surface area (Å²) in [5.41, 5.74) is 0. The van der Waals surface area contributed by atoms with Gasteiger partial charge in [-0.1, -0.05) is 34.6 Å². The smallest absolute Gasteiger partial charge is 0.00692 e. The third kappa shape index (κ3) is 5.64. The molecule has 0 aromatic rings. The summed E-state index contributed by atoms with van der Waals surface area (Å²) in [5.74, 6) is 0.932. The lowest BCUT2D eigenvalue weighted by Crippen LogP contribution is -2.43. The van der Waals surface area contributed by atoms with Crippen molar-refractivity contribution in [1.82, 2.24) is 4.90 Å². The summed E-state index contributed by atoms with van der Waals surface area (Å²) in [6.45, 7) is 15.0. The monoisotopic (exact) mass is 201 g/mol. The van der Waals surface area contributed by atoms with Gasteiger partial charge < -0.3 is 4.90 Å². The van der Waals surface area contributed by atoms with Crippen LogP contribution in [-0.4, -0.2) is 24.0 Å². The van der Waals surface area contributed by atoms with Crippen LogP contribution in [0.5, 0.6) is 0 Å². The average Bonchev–Trinajstić information content (AvgIpc) is 2.20. The first kappa shape index (κ1) is 16.4. The normalized spacial score (nSPS) is 32.1. The minimum absolute atomic E-state index is 0.791. The van der Waals surface area contributed by atoms with Crippen LogP contribution in [0.15, 0.2) is 0 Å². The summed E-state index contributed by atoms with van der Waals surface area (Å²) in [4.78, 5) is 2.49. The van der Waals surface area contributed by atoms with Gasteiger partial charge in [-0.25, -0.2) is 0 Å². The first-order valence-electron chi connectivity index (χ1n) is 6.33. The van der Waals surface area contributed by atoms with Crippen LogP contribution in [0, 0.1) is 5.92 Å². The van der Waals surface area contributed by atoms with E-state index in [2.05, 4.69) is 32.7 Å². The lowest BCUT2D eigenvalue weighted by atomic mass is 9.89. The predicted octanol–water partition coefficient (Wildman–Crippen LogP) is 4.18. The summed E-state index contributed by atoms with van der Waals surface area (Å²) >= 11 is 0. The molecule has 0 aromatic carbocycles. The fourth-order valence-corrected chi connectivity index (χ4v) is 2.03. The van der Waals surface area contributed by atoms with Gasteiger partial charge in [0.15, 0.2) is 0 Å². The van der Waals surface area contributed by atoms with Crippen molar-refractivity contribution in [2.24, 2.45) is 5.92 Å². The minimum Gasteiger partial charge on any atom is -0.301 e. The Morgan fingerprint density at radius 3 is 1.36 bits per heavy atom. The lowest BCUT2D eigenvalue weighted by molar-refractivity contribution is 0.105. The van der Waals surface area contributed by atoms with E-state index in [0.717, 1.165) is 18.0 Å². The molecule has 1 nitrogen and oxygen atoms in total. The highest BCUT2D eigenvalue weighted by Crippen LogP contribution is 2.25. The van der Waals surface area contributed by atoms with Gasteiger partial charge in [0.25, 0.3) is 0 Å². The van der Waals surface area contributed by atoms with Crippen LogP contribution >= 0.6 is 0 Å². The Labute approximate surface area is 91.9 Å². The van der Waals surface area contributed by atoms with Gasteiger partial charge in [0.05, 0.1) is 0 Å². The molecule has 2 unspecified atom stereocenters. The first-order valence-corrected chi connectivity index (χ1v) is 6.33. The molecule has 14 heavy (non-hydrogen) atoms. The van der Waals surface area contributed by atoms with Crippen molar-refractivity contribution < 1.29 is 0 Å². The summed E-state index contributed by atoms with van der Waals surface area (Å²) in [6, 6.07) is 1.58. The molecule has 0 radical (unpaired) electrons. The summed E-state index contributed by atoms with van der Waals surface area (Å²) in [7, 11) is 2.24. The fraction of sp³-hybridized carbons (Fsp3) is 1.00. The van der Waals surface area contributed by atoms with E-state index in [4.69, 9.17) is 0 Å². The highest BCUT2D eigenvalue weighted by Gasteiger charge is 2.24. The molecule has 0 amide bonds. The van der Waals surface area contributed by atoms with Crippen LogP contribution < -0.4 is 0 Å². The molecule has 1 heterocycles. The first-order chi connectivity index (χ1) is 6.61. The number of rotatable bonds is 0. The maximum Gasteiger partial charge on any atom is 0.00692 e. The summed E-state index contributed by atoms with van der Waals surface area (Å²) in [6.07, 6.45) is 2.75. The van der Waals surface area contributed by atoms with Gasteiger partial charge >= 0.3 is 0 Å². The zero-order valence-electron chi connectivity index (χ0n) is 11.6. The quantitative estimate of drug-likeness (QED) is 0.568. The second kappa shape index (κ2) is 9.51. The molecule has 0 saturated carbocycles. The number of hydrogen-bond acceptors (Lipinski definition) is 1. The molecule has 1 aliphatic heterocycles. The molecular formula is C13H31N. The zero-order valence-corrected chi connectivity index (χ0v) is 11.6. The highest BCUT2D eigenvalue weighted by atomic mass is 15.2. The Hall–Kier alpha value is -0.0400. The van der Waals surface area contributed by atoms with Gasteiger partial charge in [0.1, 0.15) is 0 Å². The molecule has 1 saturated heterocycles.